The van der Waals surface area contributed by atoms with Crippen LogP contribution in [0.1, 0.15) is 24.3 Å². The smallest absolute Gasteiger partial charge is 0.214 e. The number of guanidine groups is 1. The molecule has 1 aliphatic heterocycles. The Bertz CT molecular complexity index is 963. The van der Waals surface area contributed by atoms with Gasteiger partial charge in [0.2, 0.25) is 5.89 Å². The molecule has 0 atom stereocenters. The standard InChI is InChI=1S/C24H29N5O.HI/c1-18-8-10-19(11-9-18)22-16-26-23(30-22)17-27-24(25-2)28-20-12-14-29(15-13-20)21-6-4-3-5-7-21;/h3-11,16,20H,12-15,17H2,1-2H3,(H2,25,27,28);1H. The van der Waals surface area contributed by atoms with Gasteiger partial charge >= 0.3 is 0 Å². The van der Waals surface area contributed by atoms with Crippen molar-refractivity contribution in [3.63, 3.8) is 0 Å². The Morgan fingerprint density at radius 1 is 1.10 bits per heavy atom. The van der Waals surface area contributed by atoms with Crippen LogP contribution in [0.25, 0.3) is 11.3 Å². The Morgan fingerprint density at radius 2 is 1.81 bits per heavy atom. The quantitative estimate of drug-likeness (QED) is 0.286. The van der Waals surface area contributed by atoms with E-state index in [4.69, 9.17) is 4.42 Å². The van der Waals surface area contributed by atoms with E-state index in [1.807, 2.05) is 0 Å². The highest BCUT2D eigenvalue weighted by Crippen LogP contribution is 2.21. The predicted molar refractivity (Wildman–Crippen MR) is 137 cm³/mol. The van der Waals surface area contributed by atoms with Gasteiger partial charge in [-0.05, 0) is 31.9 Å². The van der Waals surface area contributed by atoms with E-state index in [2.05, 4.69) is 87.0 Å². The number of hydrogen-bond donors (Lipinski definition) is 2. The molecule has 2 aromatic carbocycles. The van der Waals surface area contributed by atoms with Crippen LogP contribution in [-0.2, 0) is 6.54 Å². The summed E-state index contributed by atoms with van der Waals surface area (Å²) < 4.78 is 5.89. The zero-order valence-corrected chi connectivity index (χ0v) is 20.4. The van der Waals surface area contributed by atoms with Crippen LogP contribution in [0.15, 0.2) is 70.2 Å². The number of aryl methyl sites for hydroxylation is 1. The van der Waals surface area contributed by atoms with E-state index in [1.165, 1.54) is 11.3 Å². The molecule has 1 fully saturated rings. The van der Waals surface area contributed by atoms with Gasteiger partial charge in [-0.2, -0.15) is 0 Å². The first-order valence-corrected chi connectivity index (χ1v) is 10.5. The molecule has 4 rings (SSSR count). The second-order valence-corrected chi connectivity index (χ2v) is 7.65. The molecule has 6 nitrogen and oxygen atoms in total. The minimum absolute atomic E-state index is 0. The molecule has 164 valence electrons. The van der Waals surface area contributed by atoms with Gasteiger partial charge in [-0.1, -0.05) is 48.0 Å². The van der Waals surface area contributed by atoms with Crippen LogP contribution < -0.4 is 15.5 Å². The number of piperidine rings is 1. The molecule has 1 saturated heterocycles. The molecule has 0 amide bonds. The fourth-order valence-corrected chi connectivity index (χ4v) is 3.71. The average Bonchev–Trinajstić information content (AvgIpc) is 3.27. The molecule has 0 saturated carbocycles. The monoisotopic (exact) mass is 531 g/mol. The summed E-state index contributed by atoms with van der Waals surface area (Å²) in [5.41, 5.74) is 3.56. The summed E-state index contributed by atoms with van der Waals surface area (Å²) in [6, 6.07) is 19.3. The number of aromatic nitrogens is 1. The maximum Gasteiger partial charge on any atom is 0.214 e. The third kappa shape index (κ3) is 6.22. The molecule has 0 radical (unpaired) electrons. The van der Waals surface area contributed by atoms with Crippen molar-refractivity contribution >= 4 is 35.6 Å². The van der Waals surface area contributed by atoms with E-state index in [0.717, 1.165) is 43.2 Å². The highest BCUT2D eigenvalue weighted by Gasteiger charge is 2.20. The zero-order valence-electron chi connectivity index (χ0n) is 18.0. The Balaban J connectivity index is 0.00000272. The van der Waals surface area contributed by atoms with Crippen molar-refractivity contribution in [1.82, 2.24) is 15.6 Å². The second-order valence-electron chi connectivity index (χ2n) is 7.65. The summed E-state index contributed by atoms with van der Waals surface area (Å²) in [5, 5.41) is 6.85. The number of nitrogens with zero attached hydrogens (tertiary/aromatic N) is 3. The van der Waals surface area contributed by atoms with Crippen LogP contribution in [0.2, 0.25) is 0 Å². The van der Waals surface area contributed by atoms with Crippen molar-refractivity contribution in [3.8, 4) is 11.3 Å². The largest absolute Gasteiger partial charge is 0.439 e. The Kier molecular flexibility index (Phi) is 8.34. The van der Waals surface area contributed by atoms with Gasteiger partial charge in [0.05, 0.1) is 12.7 Å². The summed E-state index contributed by atoms with van der Waals surface area (Å²) in [4.78, 5) is 11.2. The van der Waals surface area contributed by atoms with Crippen LogP contribution in [-0.4, -0.2) is 37.1 Å². The van der Waals surface area contributed by atoms with Gasteiger partial charge in [0, 0.05) is 37.4 Å². The third-order valence-electron chi connectivity index (χ3n) is 5.48. The lowest BCUT2D eigenvalue weighted by molar-refractivity contribution is 0.456. The molecule has 1 aliphatic rings. The first-order chi connectivity index (χ1) is 14.7. The van der Waals surface area contributed by atoms with Crippen LogP contribution in [0.5, 0.6) is 0 Å². The number of oxazole rings is 1. The summed E-state index contributed by atoms with van der Waals surface area (Å²) >= 11 is 0. The van der Waals surface area contributed by atoms with E-state index < -0.39 is 0 Å². The molecular weight excluding hydrogens is 501 g/mol. The Morgan fingerprint density at radius 3 is 2.48 bits per heavy atom. The fraction of sp³-hybridized carbons (Fsp3) is 0.333. The van der Waals surface area contributed by atoms with E-state index in [9.17, 15) is 0 Å². The van der Waals surface area contributed by atoms with Gasteiger partial charge in [0.25, 0.3) is 0 Å². The third-order valence-corrected chi connectivity index (χ3v) is 5.48. The Hall–Kier alpha value is -2.55. The van der Waals surface area contributed by atoms with Crippen molar-refractivity contribution in [2.45, 2.75) is 32.4 Å². The summed E-state index contributed by atoms with van der Waals surface area (Å²) in [7, 11) is 1.79. The van der Waals surface area contributed by atoms with Gasteiger partial charge in [0.15, 0.2) is 11.7 Å². The molecule has 2 N–H and O–H groups in total. The summed E-state index contributed by atoms with van der Waals surface area (Å²) in [6.45, 7) is 4.65. The minimum atomic E-state index is 0. The number of benzene rings is 2. The molecule has 0 bridgehead atoms. The lowest BCUT2D eigenvalue weighted by Crippen LogP contribution is -2.48. The molecule has 2 heterocycles. The highest BCUT2D eigenvalue weighted by molar-refractivity contribution is 14.0. The number of para-hydroxylation sites is 1. The second kappa shape index (κ2) is 11.2. The van der Waals surface area contributed by atoms with E-state index in [0.29, 0.717) is 18.5 Å². The van der Waals surface area contributed by atoms with Crippen LogP contribution in [0.3, 0.4) is 0 Å². The molecular formula is C24H30IN5O. The highest BCUT2D eigenvalue weighted by atomic mass is 127. The molecule has 0 unspecified atom stereocenters. The first-order valence-electron chi connectivity index (χ1n) is 10.5. The topological polar surface area (TPSA) is 65.7 Å². The predicted octanol–water partition coefficient (Wildman–Crippen LogP) is 4.60. The summed E-state index contributed by atoms with van der Waals surface area (Å²) in [6.07, 6.45) is 3.93. The lowest BCUT2D eigenvalue weighted by atomic mass is 10.0. The van der Waals surface area contributed by atoms with Gasteiger partial charge in [-0.25, -0.2) is 4.98 Å². The molecule has 3 aromatic rings. The number of rotatable bonds is 5. The lowest BCUT2D eigenvalue weighted by Gasteiger charge is -2.34. The van der Waals surface area contributed by atoms with Crippen molar-refractivity contribution in [1.29, 1.82) is 0 Å². The van der Waals surface area contributed by atoms with E-state index in [-0.39, 0.29) is 24.0 Å². The van der Waals surface area contributed by atoms with E-state index in [1.54, 1.807) is 13.2 Å². The molecule has 0 spiro atoms. The normalized spacial score (nSPS) is 14.8. The van der Waals surface area contributed by atoms with Crippen molar-refractivity contribution < 1.29 is 4.42 Å². The van der Waals surface area contributed by atoms with Crippen LogP contribution in [0.4, 0.5) is 5.69 Å². The zero-order chi connectivity index (χ0) is 20.8. The molecule has 31 heavy (non-hydrogen) atoms. The number of aliphatic imine (C=N–C) groups is 1. The molecule has 7 heteroatoms. The minimum Gasteiger partial charge on any atom is -0.439 e. The Labute approximate surface area is 201 Å². The van der Waals surface area contributed by atoms with Gasteiger partial charge in [-0.3, -0.25) is 4.99 Å². The number of halogens is 1. The van der Waals surface area contributed by atoms with Crippen LogP contribution in [0, 0.1) is 6.92 Å². The fourth-order valence-electron chi connectivity index (χ4n) is 3.71. The maximum absolute atomic E-state index is 5.89. The number of hydrogen-bond acceptors (Lipinski definition) is 4. The average molecular weight is 531 g/mol. The SMILES string of the molecule is CN=C(NCc1ncc(-c2ccc(C)cc2)o1)NC1CCN(c2ccccc2)CC1.I. The van der Waals surface area contributed by atoms with Crippen molar-refractivity contribution in [2.75, 3.05) is 25.0 Å². The van der Waals surface area contributed by atoms with Crippen molar-refractivity contribution in [3.05, 3.63) is 72.2 Å². The maximum atomic E-state index is 5.89. The molecule has 1 aromatic heterocycles. The van der Waals surface area contributed by atoms with Gasteiger partial charge in [-0.15, -0.1) is 24.0 Å². The van der Waals surface area contributed by atoms with E-state index >= 15 is 0 Å². The number of nitrogens with one attached hydrogen (secondary N) is 2. The first kappa shape index (κ1) is 23.1. The molecule has 0 aliphatic carbocycles. The summed E-state index contributed by atoms with van der Waals surface area (Å²) in [5.74, 6) is 2.21. The van der Waals surface area contributed by atoms with Crippen molar-refractivity contribution in [2.24, 2.45) is 4.99 Å². The van der Waals surface area contributed by atoms with Crippen LogP contribution >= 0.6 is 24.0 Å². The van der Waals surface area contributed by atoms with Gasteiger partial charge < -0.3 is 20.0 Å². The number of anilines is 1. The van der Waals surface area contributed by atoms with Gasteiger partial charge in [0.1, 0.15) is 0 Å².